The van der Waals surface area contributed by atoms with Crippen LogP contribution in [0.1, 0.15) is 56.6 Å². The number of rotatable bonds is 5. The number of hydrogen-bond donors (Lipinski definition) is 1. The minimum absolute atomic E-state index is 0.0541. The molecule has 1 aliphatic heterocycles. The predicted octanol–water partition coefficient (Wildman–Crippen LogP) is 3.84. The highest BCUT2D eigenvalue weighted by Gasteiger charge is 2.21. The average Bonchev–Trinajstić information content (AvgIpc) is 3.30. The molecule has 0 spiro atoms. The molecule has 21 heavy (non-hydrogen) atoms. The van der Waals surface area contributed by atoms with E-state index in [1.807, 2.05) is 6.07 Å². The highest BCUT2D eigenvalue weighted by Crippen LogP contribution is 2.22. The highest BCUT2D eigenvalue weighted by atomic mass is 19.1. The molecular weight excluding hydrogens is 263 g/mol. The summed E-state index contributed by atoms with van der Waals surface area (Å²) in [5, 5.41) is 3.51. The predicted molar refractivity (Wildman–Crippen MR) is 84.6 cm³/mol. The first kappa shape index (κ1) is 15.0. The maximum atomic E-state index is 14.1. The first-order valence-electron chi connectivity index (χ1n) is 8.47. The molecule has 3 heteroatoms. The summed E-state index contributed by atoms with van der Waals surface area (Å²) in [7, 11) is 0. The Morgan fingerprint density at radius 3 is 2.86 bits per heavy atom. The maximum absolute atomic E-state index is 14.1. The van der Waals surface area contributed by atoms with Gasteiger partial charge in [0.25, 0.3) is 0 Å². The van der Waals surface area contributed by atoms with Gasteiger partial charge in [0.1, 0.15) is 5.82 Å². The highest BCUT2D eigenvalue weighted by molar-refractivity contribution is 5.25. The Morgan fingerprint density at radius 1 is 1.19 bits per heavy atom. The zero-order chi connectivity index (χ0) is 14.7. The SMILES string of the molecule is CC1CCCCCN1Cc1cc(CNC2CC2)ccc1F. The molecule has 2 fully saturated rings. The van der Waals surface area contributed by atoms with E-state index >= 15 is 0 Å². The van der Waals surface area contributed by atoms with E-state index in [1.54, 1.807) is 6.07 Å². The fraction of sp³-hybridized carbons (Fsp3) is 0.667. The van der Waals surface area contributed by atoms with E-state index in [2.05, 4.69) is 23.2 Å². The van der Waals surface area contributed by atoms with Crippen LogP contribution in [0.2, 0.25) is 0 Å². The molecule has 2 nitrogen and oxygen atoms in total. The molecule has 3 rings (SSSR count). The Bertz CT molecular complexity index is 470. The van der Waals surface area contributed by atoms with Crippen molar-refractivity contribution in [2.24, 2.45) is 0 Å². The quantitative estimate of drug-likeness (QED) is 0.886. The van der Waals surface area contributed by atoms with Gasteiger partial charge in [-0.25, -0.2) is 4.39 Å². The van der Waals surface area contributed by atoms with Crippen LogP contribution in [0.5, 0.6) is 0 Å². The van der Waals surface area contributed by atoms with Crippen molar-refractivity contribution in [2.45, 2.75) is 70.6 Å². The Kier molecular flexibility index (Phi) is 4.91. The third kappa shape index (κ3) is 4.27. The third-order valence-corrected chi connectivity index (χ3v) is 4.85. The van der Waals surface area contributed by atoms with Gasteiger partial charge in [-0.2, -0.15) is 0 Å². The van der Waals surface area contributed by atoms with Crippen LogP contribution in [-0.2, 0) is 13.1 Å². The summed E-state index contributed by atoms with van der Waals surface area (Å²) in [6.45, 7) is 5.00. The van der Waals surface area contributed by atoms with Crippen molar-refractivity contribution < 1.29 is 4.39 Å². The summed E-state index contributed by atoms with van der Waals surface area (Å²) in [4.78, 5) is 2.45. The topological polar surface area (TPSA) is 15.3 Å². The molecule has 1 N–H and O–H groups in total. The van der Waals surface area contributed by atoms with Gasteiger partial charge in [0.15, 0.2) is 0 Å². The van der Waals surface area contributed by atoms with Crippen LogP contribution in [0.3, 0.4) is 0 Å². The summed E-state index contributed by atoms with van der Waals surface area (Å²) in [5.74, 6) is -0.0541. The van der Waals surface area contributed by atoms with Gasteiger partial charge in [-0.15, -0.1) is 0 Å². The summed E-state index contributed by atoms with van der Waals surface area (Å²) < 4.78 is 14.1. The number of nitrogens with one attached hydrogen (secondary N) is 1. The van der Waals surface area contributed by atoms with Gasteiger partial charge < -0.3 is 5.32 Å². The summed E-state index contributed by atoms with van der Waals surface area (Å²) in [6.07, 6.45) is 7.69. The van der Waals surface area contributed by atoms with Crippen molar-refractivity contribution in [3.05, 3.63) is 35.1 Å². The molecule has 0 aromatic heterocycles. The van der Waals surface area contributed by atoms with Crippen molar-refractivity contribution in [3.63, 3.8) is 0 Å². The van der Waals surface area contributed by atoms with Crippen molar-refractivity contribution in [1.82, 2.24) is 10.2 Å². The molecule has 0 amide bonds. The summed E-state index contributed by atoms with van der Waals surface area (Å²) in [6, 6.07) is 6.88. The molecular formula is C18H27FN2. The molecule has 1 atom stereocenters. The molecule has 1 saturated heterocycles. The van der Waals surface area contributed by atoms with Crippen molar-refractivity contribution in [1.29, 1.82) is 0 Å². The van der Waals surface area contributed by atoms with Crippen molar-refractivity contribution >= 4 is 0 Å². The van der Waals surface area contributed by atoms with E-state index < -0.39 is 0 Å². The molecule has 1 aliphatic carbocycles. The molecule has 1 aromatic rings. The fourth-order valence-corrected chi connectivity index (χ4v) is 3.20. The zero-order valence-corrected chi connectivity index (χ0v) is 13.1. The normalized spacial score (nSPS) is 24.0. The monoisotopic (exact) mass is 290 g/mol. The van der Waals surface area contributed by atoms with Crippen LogP contribution in [0.4, 0.5) is 4.39 Å². The smallest absolute Gasteiger partial charge is 0.127 e. The van der Waals surface area contributed by atoms with Gasteiger partial charge in [-0.05, 0) is 50.8 Å². The van der Waals surface area contributed by atoms with Gasteiger partial charge in [-0.3, -0.25) is 4.90 Å². The molecule has 116 valence electrons. The lowest BCUT2D eigenvalue weighted by molar-refractivity contribution is 0.202. The van der Waals surface area contributed by atoms with Gasteiger partial charge in [0.05, 0.1) is 0 Å². The van der Waals surface area contributed by atoms with E-state index in [4.69, 9.17) is 0 Å². The number of benzene rings is 1. The Morgan fingerprint density at radius 2 is 2.05 bits per heavy atom. The van der Waals surface area contributed by atoms with Crippen molar-refractivity contribution in [3.8, 4) is 0 Å². The Balaban J connectivity index is 1.65. The second kappa shape index (κ2) is 6.89. The van der Waals surface area contributed by atoms with E-state index in [0.717, 1.165) is 25.2 Å². The van der Waals surface area contributed by atoms with Crippen LogP contribution in [-0.4, -0.2) is 23.5 Å². The van der Waals surface area contributed by atoms with Crippen LogP contribution in [0.25, 0.3) is 0 Å². The zero-order valence-electron chi connectivity index (χ0n) is 13.1. The van der Waals surface area contributed by atoms with Crippen LogP contribution < -0.4 is 5.32 Å². The second-order valence-corrected chi connectivity index (χ2v) is 6.75. The fourth-order valence-electron chi connectivity index (χ4n) is 3.20. The minimum atomic E-state index is -0.0541. The third-order valence-electron chi connectivity index (χ3n) is 4.85. The lowest BCUT2D eigenvalue weighted by Crippen LogP contribution is -2.32. The summed E-state index contributed by atoms with van der Waals surface area (Å²) >= 11 is 0. The molecule has 1 heterocycles. The lowest BCUT2D eigenvalue weighted by atomic mass is 10.1. The maximum Gasteiger partial charge on any atom is 0.127 e. The van der Waals surface area contributed by atoms with Gasteiger partial charge in [0.2, 0.25) is 0 Å². The van der Waals surface area contributed by atoms with E-state index in [9.17, 15) is 4.39 Å². The minimum Gasteiger partial charge on any atom is -0.310 e. The lowest BCUT2D eigenvalue weighted by Gasteiger charge is -2.27. The van der Waals surface area contributed by atoms with Gasteiger partial charge >= 0.3 is 0 Å². The van der Waals surface area contributed by atoms with E-state index in [-0.39, 0.29) is 5.82 Å². The first-order chi connectivity index (χ1) is 10.2. The number of hydrogen-bond acceptors (Lipinski definition) is 2. The summed E-state index contributed by atoms with van der Waals surface area (Å²) in [5.41, 5.74) is 2.07. The van der Waals surface area contributed by atoms with Crippen LogP contribution in [0, 0.1) is 5.82 Å². The van der Waals surface area contributed by atoms with Crippen LogP contribution >= 0.6 is 0 Å². The second-order valence-electron chi connectivity index (χ2n) is 6.75. The number of likely N-dealkylation sites (tertiary alicyclic amines) is 1. The van der Waals surface area contributed by atoms with E-state index in [1.165, 1.54) is 44.1 Å². The molecule has 0 bridgehead atoms. The van der Waals surface area contributed by atoms with Crippen molar-refractivity contribution in [2.75, 3.05) is 6.54 Å². The average molecular weight is 290 g/mol. The number of nitrogens with zero attached hydrogens (tertiary/aromatic N) is 1. The van der Waals surface area contributed by atoms with Gasteiger partial charge in [-0.1, -0.05) is 25.0 Å². The Hall–Kier alpha value is -0.930. The molecule has 1 aromatic carbocycles. The Labute approximate surface area is 127 Å². The van der Waals surface area contributed by atoms with E-state index in [0.29, 0.717) is 12.1 Å². The van der Waals surface area contributed by atoms with Crippen LogP contribution in [0.15, 0.2) is 18.2 Å². The number of halogens is 1. The molecule has 1 unspecified atom stereocenters. The first-order valence-corrected chi connectivity index (χ1v) is 8.47. The largest absolute Gasteiger partial charge is 0.310 e. The van der Waals surface area contributed by atoms with Gasteiger partial charge in [0, 0.05) is 30.7 Å². The molecule has 2 aliphatic rings. The molecule has 0 radical (unpaired) electrons. The molecule has 1 saturated carbocycles. The standard InChI is InChI=1S/C18H27FN2/c1-14-5-3-2-4-10-21(14)13-16-11-15(6-9-18(16)19)12-20-17-7-8-17/h6,9,11,14,17,20H,2-5,7-8,10,12-13H2,1H3.